The molecule has 0 bridgehead atoms. The van der Waals surface area contributed by atoms with Crippen LogP contribution in [0.4, 0.5) is 10.1 Å². The van der Waals surface area contributed by atoms with Crippen molar-refractivity contribution >= 4 is 17.6 Å². The number of esters is 1. The Hall–Kier alpha value is -3.48. The molecule has 4 rings (SSSR count). The molecule has 1 aliphatic heterocycles. The zero-order valence-electron chi connectivity index (χ0n) is 16.3. The van der Waals surface area contributed by atoms with Gasteiger partial charge in [0.15, 0.2) is 5.69 Å². The van der Waals surface area contributed by atoms with Gasteiger partial charge in [0.25, 0.3) is 5.91 Å². The number of halogens is 1. The lowest BCUT2D eigenvalue weighted by Crippen LogP contribution is -2.36. The van der Waals surface area contributed by atoms with E-state index in [0.29, 0.717) is 22.6 Å². The molecule has 1 aliphatic rings. The Bertz CT molecular complexity index is 1100. The minimum absolute atomic E-state index is 0.0682. The van der Waals surface area contributed by atoms with Crippen molar-refractivity contribution in [2.45, 2.75) is 32.9 Å². The van der Waals surface area contributed by atoms with E-state index in [2.05, 4.69) is 4.98 Å². The second-order valence-corrected chi connectivity index (χ2v) is 7.80. The van der Waals surface area contributed by atoms with Crippen molar-refractivity contribution in [1.82, 2.24) is 9.55 Å². The second kappa shape index (κ2) is 6.84. The number of carbonyl (C=O) groups excluding carboxylic acids is 2. The van der Waals surface area contributed by atoms with E-state index in [9.17, 15) is 14.0 Å². The lowest BCUT2D eigenvalue weighted by Gasteiger charge is -2.31. The first-order chi connectivity index (χ1) is 13.7. The van der Waals surface area contributed by atoms with Crippen LogP contribution in [0.1, 0.15) is 47.3 Å². The molecule has 0 N–H and O–H groups in total. The molecule has 0 saturated heterocycles. The van der Waals surface area contributed by atoms with Crippen molar-refractivity contribution in [3.05, 3.63) is 77.6 Å². The van der Waals surface area contributed by atoms with E-state index in [1.54, 1.807) is 55.7 Å². The number of hydrogen-bond donors (Lipinski definition) is 0. The highest BCUT2D eigenvalue weighted by Crippen LogP contribution is 2.35. The number of imidazole rings is 1. The van der Waals surface area contributed by atoms with Crippen LogP contribution in [0.25, 0.3) is 5.69 Å². The fourth-order valence-corrected chi connectivity index (χ4v) is 3.30. The summed E-state index contributed by atoms with van der Waals surface area (Å²) < 4.78 is 21.1. The molecule has 0 radical (unpaired) electrons. The smallest absolute Gasteiger partial charge is 0.359 e. The van der Waals surface area contributed by atoms with Crippen molar-refractivity contribution in [3.63, 3.8) is 0 Å². The first kappa shape index (κ1) is 18.9. The van der Waals surface area contributed by atoms with Gasteiger partial charge in [0.1, 0.15) is 17.7 Å². The molecule has 2 heterocycles. The molecule has 0 spiro atoms. The molecule has 0 aliphatic carbocycles. The fraction of sp³-hybridized carbons (Fsp3) is 0.227. The number of ether oxygens (including phenoxy) is 1. The van der Waals surface area contributed by atoms with Crippen LogP contribution in [0.2, 0.25) is 0 Å². The van der Waals surface area contributed by atoms with E-state index < -0.39 is 17.4 Å². The first-order valence-corrected chi connectivity index (χ1v) is 9.21. The molecule has 0 saturated carbocycles. The molecule has 2 aromatic carbocycles. The monoisotopic (exact) mass is 393 g/mol. The summed E-state index contributed by atoms with van der Waals surface area (Å²) in [4.78, 5) is 31.5. The molecular formula is C22H20FN3O3. The van der Waals surface area contributed by atoms with Crippen LogP contribution in [-0.2, 0) is 11.3 Å². The van der Waals surface area contributed by atoms with Crippen LogP contribution < -0.4 is 4.90 Å². The largest absolute Gasteiger partial charge is 0.455 e. The lowest BCUT2D eigenvalue weighted by molar-refractivity contribution is 0.00617. The van der Waals surface area contributed by atoms with Crippen molar-refractivity contribution in [3.8, 4) is 5.69 Å². The number of benzene rings is 2. The summed E-state index contributed by atoms with van der Waals surface area (Å²) in [6.45, 7) is 5.39. The molecule has 0 fully saturated rings. The molecule has 3 aromatic rings. The zero-order chi connectivity index (χ0) is 20.8. The number of fused-ring (bicyclic) bond motifs is 3. The molecule has 1 amide bonds. The Morgan fingerprint density at radius 1 is 1.07 bits per heavy atom. The predicted molar refractivity (Wildman–Crippen MR) is 106 cm³/mol. The molecule has 1 aromatic heterocycles. The number of anilines is 1. The highest BCUT2D eigenvalue weighted by Gasteiger charge is 2.33. The number of nitrogens with zero attached hydrogens (tertiary/aromatic N) is 3. The molecule has 29 heavy (non-hydrogen) atoms. The van der Waals surface area contributed by atoms with Crippen LogP contribution in [0.5, 0.6) is 0 Å². The quantitative estimate of drug-likeness (QED) is 0.614. The summed E-state index contributed by atoms with van der Waals surface area (Å²) in [7, 11) is 0. The molecule has 0 atom stereocenters. The summed E-state index contributed by atoms with van der Waals surface area (Å²) in [6, 6.07) is 12.9. The Labute approximate surface area is 167 Å². The summed E-state index contributed by atoms with van der Waals surface area (Å²) in [6.07, 6.45) is 1.50. The SMILES string of the molecule is CC(C)(C)OC(=O)c1ncn2c1CN(C(=O)c1ccccc1)c1cc(F)ccc1-2. The van der Waals surface area contributed by atoms with Gasteiger partial charge in [-0.2, -0.15) is 0 Å². The third-order valence-electron chi connectivity index (χ3n) is 4.52. The van der Waals surface area contributed by atoms with Crippen LogP contribution in [0.3, 0.4) is 0 Å². The number of carbonyl (C=O) groups is 2. The van der Waals surface area contributed by atoms with Gasteiger partial charge in [-0.15, -0.1) is 0 Å². The van der Waals surface area contributed by atoms with Crippen LogP contribution in [0.15, 0.2) is 54.9 Å². The van der Waals surface area contributed by atoms with Crippen molar-refractivity contribution in [2.75, 3.05) is 4.90 Å². The maximum Gasteiger partial charge on any atom is 0.359 e. The minimum Gasteiger partial charge on any atom is -0.455 e. The number of rotatable bonds is 2. The van der Waals surface area contributed by atoms with Crippen LogP contribution >= 0.6 is 0 Å². The highest BCUT2D eigenvalue weighted by atomic mass is 19.1. The average molecular weight is 393 g/mol. The fourth-order valence-electron chi connectivity index (χ4n) is 3.30. The van der Waals surface area contributed by atoms with Gasteiger partial charge in [-0.05, 0) is 51.1 Å². The molecular weight excluding hydrogens is 373 g/mol. The van der Waals surface area contributed by atoms with E-state index in [-0.39, 0.29) is 18.1 Å². The van der Waals surface area contributed by atoms with E-state index in [1.165, 1.54) is 23.4 Å². The summed E-state index contributed by atoms with van der Waals surface area (Å²) in [5, 5.41) is 0. The lowest BCUT2D eigenvalue weighted by atomic mass is 10.1. The first-order valence-electron chi connectivity index (χ1n) is 9.21. The van der Waals surface area contributed by atoms with E-state index in [0.717, 1.165) is 0 Å². The zero-order valence-corrected chi connectivity index (χ0v) is 16.3. The predicted octanol–water partition coefficient (Wildman–Crippen LogP) is 4.13. The summed E-state index contributed by atoms with van der Waals surface area (Å²) in [5.41, 5.74) is 1.43. The maximum atomic E-state index is 14.0. The van der Waals surface area contributed by atoms with Gasteiger partial charge in [0.05, 0.1) is 23.6 Å². The minimum atomic E-state index is -0.678. The Morgan fingerprint density at radius 3 is 2.48 bits per heavy atom. The van der Waals surface area contributed by atoms with Gasteiger partial charge in [-0.1, -0.05) is 18.2 Å². The van der Waals surface area contributed by atoms with E-state index in [1.807, 2.05) is 6.07 Å². The third kappa shape index (κ3) is 3.51. The van der Waals surface area contributed by atoms with E-state index >= 15 is 0 Å². The Balaban J connectivity index is 1.81. The summed E-state index contributed by atoms with van der Waals surface area (Å²) in [5.74, 6) is -1.31. The normalized spacial score (nSPS) is 12.9. The van der Waals surface area contributed by atoms with Crippen molar-refractivity contribution in [2.24, 2.45) is 0 Å². The molecule has 7 heteroatoms. The van der Waals surface area contributed by atoms with Gasteiger partial charge in [-0.3, -0.25) is 9.36 Å². The third-order valence-corrected chi connectivity index (χ3v) is 4.52. The average Bonchev–Trinajstić information content (AvgIpc) is 3.10. The van der Waals surface area contributed by atoms with Gasteiger partial charge in [0.2, 0.25) is 0 Å². The van der Waals surface area contributed by atoms with Gasteiger partial charge < -0.3 is 9.64 Å². The molecule has 0 unspecified atom stereocenters. The summed E-state index contributed by atoms with van der Waals surface area (Å²) >= 11 is 0. The van der Waals surface area contributed by atoms with Crippen molar-refractivity contribution < 1.29 is 18.7 Å². The Kier molecular flexibility index (Phi) is 4.45. The van der Waals surface area contributed by atoms with Crippen molar-refractivity contribution in [1.29, 1.82) is 0 Å². The number of aromatic nitrogens is 2. The van der Waals surface area contributed by atoms with Gasteiger partial charge in [-0.25, -0.2) is 14.2 Å². The van der Waals surface area contributed by atoms with Crippen LogP contribution in [0, 0.1) is 5.82 Å². The maximum absolute atomic E-state index is 14.0. The highest BCUT2D eigenvalue weighted by molar-refractivity contribution is 6.07. The second-order valence-electron chi connectivity index (χ2n) is 7.80. The van der Waals surface area contributed by atoms with Crippen LogP contribution in [-0.4, -0.2) is 27.0 Å². The van der Waals surface area contributed by atoms with E-state index in [4.69, 9.17) is 4.74 Å². The standard InChI is InChI=1S/C22H20FN3O3/c1-22(2,3)29-21(28)19-18-12-25(20(27)14-7-5-4-6-8-14)17-11-15(23)9-10-16(17)26(18)13-24-19/h4-11,13H,12H2,1-3H3. The van der Waals surface area contributed by atoms with Gasteiger partial charge in [0, 0.05) is 5.56 Å². The Morgan fingerprint density at radius 2 is 1.79 bits per heavy atom. The van der Waals surface area contributed by atoms with Gasteiger partial charge >= 0.3 is 5.97 Å². The topological polar surface area (TPSA) is 64.4 Å². The molecule has 6 nitrogen and oxygen atoms in total. The number of hydrogen-bond acceptors (Lipinski definition) is 4. The number of amides is 1. The molecule has 148 valence electrons.